The van der Waals surface area contributed by atoms with Gasteiger partial charge in [0.05, 0.1) is 9.82 Å². The van der Waals surface area contributed by atoms with E-state index in [9.17, 15) is 18.5 Å². The van der Waals surface area contributed by atoms with Crippen molar-refractivity contribution in [3.8, 4) is 0 Å². The Morgan fingerprint density at radius 3 is 2.32 bits per heavy atom. The molecule has 0 aliphatic rings. The first kappa shape index (κ1) is 16.5. The number of nitro benzene ring substituents is 1. The van der Waals surface area contributed by atoms with E-state index in [1.807, 2.05) is 30.3 Å². The molecule has 0 saturated heterocycles. The third-order valence-electron chi connectivity index (χ3n) is 3.26. The molecule has 25 heavy (non-hydrogen) atoms. The van der Waals surface area contributed by atoms with E-state index < -0.39 is 14.9 Å². The Morgan fingerprint density at radius 1 is 1.00 bits per heavy atom. The third kappa shape index (κ3) is 3.43. The normalized spacial score (nSPS) is 11.7. The lowest BCUT2D eigenvalue weighted by Gasteiger charge is -2.04. The van der Waals surface area contributed by atoms with E-state index >= 15 is 0 Å². The maximum atomic E-state index is 12.6. The summed E-state index contributed by atoms with van der Waals surface area (Å²) in [6.07, 6.45) is 3.14. The van der Waals surface area contributed by atoms with Gasteiger partial charge in [-0.25, -0.2) is 0 Å². The van der Waals surface area contributed by atoms with E-state index in [0.29, 0.717) is 4.09 Å². The number of benzene rings is 2. The van der Waals surface area contributed by atoms with Crippen LogP contribution in [0.15, 0.2) is 59.5 Å². The number of tetrazole rings is 1. The first-order valence-electron chi connectivity index (χ1n) is 7.00. The van der Waals surface area contributed by atoms with Gasteiger partial charge in [-0.2, -0.15) is 8.42 Å². The molecule has 3 aromatic rings. The molecule has 0 amide bonds. The van der Waals surface area contributed by atoms with Crippen LogP contribution in [0.25, 0.3) is 12.2 Å². The number of aromatic nitrogens is 4. The number of nitro groups is 1. The lowest BCUT2D eigenvalue weighted by molar-refractivity contribution is -0.384. The Hall–Kier alpha value is -3.40. The highest BCUT2D eigenvalue weighted by molar-refractivity contribution is 7.89. The molecule has 0 saturated carbocycles. The van der Waals surface area contributed by atoms with E-state index in [2.05, 4.69) is 15.5 Å². The van der Waals surface area contributed by atoms with Gasteiger partial charge in [0.25, 0.3) is 15.7 Å². The maximum absolute atomic E-state index is 12.6. The highest BCUT2D eigenvalue weighted by Crippen LogP contribution is 2.19. The summed E-state index contributed by atoms with van der Waals surface area (Å²) in [4.78, 5) is 9.91. The number of non-ortho nitro benzene ring substituents is 1. The van der Waals surface area contributed by atoms with Gasteiger partial charge < -0.3 is 0 Å². The van der Waals surface area contributed by atoms with Crippen LogP contribution in [-0.2, 0) is 10.0 Å². The van der Waals surface area contributed by atoms with Crippen LogP contribution in [0.4, 0.5) is 5.69 Å². The lowest BCUT2D eigenvalue weighted by atomic mass is 10.2. The molecular weight excluding hydrogens is 346 g/mol. The molecule has 0 radical (unpaired) electrons. The predicted octanol–water partition coefficient (Wildman–Crippen LogP) is 1.99. The first-order valence-corrected chi connectivity index (χ1v) is 8.44. The van der Waals surface area contributed by atoms with Crippen LogP contribution in [0.1, 0.15) is 11.4 Å². The molecule has 2 aromatic carbocycles. The average molecular weight is 357 g/mol. The van der Waals surface area contributed by atoms with E-state index in [-0.39, 0.29) is 16.4 Å². The van der Waals surface area contributed by atoms with Crippen LogP contribution >= 0.6 is 0 Å². The molecule has 1 heterocycles. The van der Waals surface area contributed by atoms with Gasteiger partial charge >= 0.3 is 0 Å². The van der Waals surface area contributed by atoms with E-state index in [1.54, 1.807) is 6.08 Å². The van der Waals surface area contributed by atoms with Crippen LogP contribution in [0.2, 0.25) is 0 Å². The highest BCUT2D eigenvalue weighted by Gasteiger charge is 2.22. The first-order chi connectivity index (χ1) is 12.0. The molecule has 0 N–H and O–H groups in total. The van der Waals surface area contributed by atoms with Crippen LogP contribution in [-0.4, -0.2) is 33.0 Å². The predicted molar refractivity (Wildman–Crippen MR) is 88.9 cm³/mol. The second-order valence-corrected chi connectivity index (χ2v) is 6.65. The van der Waals surface area contributed by atoms with E-state index in [4.69, 9.17) is 0 Å². The van der Waals surface area contributed by atoms with Crippen molar-refractivity contribution >= 4 is 27.9 Å². The van der Waals surface area contributed by atoms with Crippen LogP contribution in [0.5, 0.6) is 0 Å². The second kappa shape index (κ2) is 6.61. The Bertz CT molecular complexity index is 1030. The van der Waals surface area contributed by atoms with Crippen molar-refractivity contribution in [3.63, 3.8) is 0 Å². The van der Waals surface area contributed by atoms with Crippen molar-refractivity contribution in [1.82, 2.24) is 19.6 Å². The summed E-state index contributed by atoms with van der Waals surface area (Å²) in [7, 11) is -4.07. The standard InChI is InChI=1S/C15H11N5O4S/c21-20(22)13-7-9-14(10-8-13)25(23,24)19-15(16-17-18-19)11-6-12-4-2-1-3-5-12/h1-11H/b11-6+. The Kier molecular flexibility index (Phi) is 4.35. The largest absolute Gasteiger partial charge is 0.286 e. The summed E-state index contributed by atoms with van der Waals surface area (Å²) in [5, 5.41) is 21.3. The van der Waals surface area contributed by atoms with Crippen molar-refractivity contribution < 1.29 is 13.3 Å². The average Bonchev–Trinajstić information content (AvgIpc) is 3.10. The fraction of sp³-hybridized carbons (Fsp3) is 0. The van der Waals surface area contributed by atoms with Gasteiger partial charge in [-0.05, 0) is 34.2 Å². The zero-order valence-corrected chi connectivity index (χ0v) is 13.4. The monoisotopic (exact) mass is 357 g/mol. The fourth-order valence-corrected chi connectivity index (χ4v) is 3.18. The van der Waals surface area contributed by atoms with Gasteiger partial charge in [0.1, 0.15) is 0 Å². The smallest absolute Gasteiger partial charge is 0.258 e. The molecule has 0 bridgehead atoms. The molecule has 1 aromatic heterocycles. The number of rotatable bonds is 5. The molecule has 0 spiro atoms. The zero-order valence-electron chi connectivity index (χ0n) is 12.6. The molecule has 0 atom stereocenters. The second-order valence-electron chi connectivity index (χ2n) is 4.88. The van der Waals surface area contributed by atoms with Crippen LogP contribution in [0, 0.1) is 10.1 Å². The van der Waals surface area contributed by atoms with E-state index in [1.165, 1.54) is 6.08 Å². The summed E-state index contributed by atoms with van der Waals surface area (Å²) in [6.45, 7) is 0. The van der Waals surface area contributed by atoms with Crippen molar-refractivity contribution in [2.24, 2.45) is 0 Å². The minimum absolute atomic E-state index is 0.0159. The molecule has 9 nitrogen and oxygen atoms in total. The maximum Gasteiger partial charge on any atom is 0.286 e. The topological polar surface area (TPSA) is 121 Å². The third-order valence-corrected chi connectivity index (χ3v) is 4.85. The number of hydrogen-bond acceptors (Lipinski definition) is 7. The molecule has 0 aliphatic heterocycles. The number of nitrogens with zero attached hydrogens (tertiary/aromatic N) is 5. The van der Waals surface area contributed by atoms with Gasteiger partial charge in [-0.1, -0.05) is 36.4 Å². The molecule has 0 unspecified atom stereocenters. The van der Waals surface area contributed by atoms with Crippen molar-refractivity contribution in [3.05, 3.63) is 76.1 Å². The summed E-state index contributed by atoms with van der Waals surface area (Å²) >= 11 is 0. The summed E-state index contributed by atoms with van der Waals surface area (Å²) < 4.78 is 25.9. The summed E-state index contributed by atoms with van der Waals surface area (Å²) in [6, 6.07) is 13.7. The fourth-order valence-electron chi connectivity index (χ4n) is 2.03. The van der Waals surface area contributed by atoms with Crippen molar-refractivity contribution in [2.75, 3.05) is 0 Å². The van der Waals surface area contributed by atoms with Crippen LogP contribution in [0.3, 0.4) is 0 Å². The molecule has 0 fully saturated rings. The van der Waals surface area contributed by atoms with Gasteiger partial charge in [0.15, 0.2) is 5.82 Å². The lowest BCUT2D eigenvalue weighted by Crippen LogP contribution is -2.16. The Balaban J connectivity index is 1.95. The van der Waals surface area contributed by atoms with Crippen molar-refractivity contribution in [2.45, 2.75) is 4.90 Å². The molecule has 126 valence electrons. The Morgan fingerprint density at radius 2 is 1.68 bits per heavy atom. The minimum Gasteiger partial charge on any atom is -0.258 e. The van der Waals surface area contributed by atoms with Gasteiger partial charge in [0, 0.05) is 12.1 Å². The SMILES string of the molecule is O=[N+]([O-])c1ccc(S(=O)(=O)n2nnnc2/C=C/c2ccccc2)cc1. The molecule has 10 heteroatoms. The van der Waals surface area contributed by atoms with Crippen molar-refractivity contribution in [1.29, 1.82) is 0 Å². The Labute approximate surface area is 142 Å². The van der Waals surface area contributed by atoms with E-state index in [0.717, 1.165) is 29.8 Å². The van der Waals surface area contributed by atoms with Gasteiger partial charge in [0.2, 0.25) is 0 Å². The van der Waals surface area contributed by atoms with Crippen LogP contribution < -0.4 is 0 Å². The molecule has 3 rings (SSSR count). The number of hydrogen-bond donors (Lipinski definition) is 0. The summed E-state index contributed by atoms with van der Waals surface area (Å²) in [5.74, 6) is 0.0159. The molecular formula is C15H11N5O4S. The molecule has 0 aliphatic carbocycles. The van der Waals surface area contributed by atoms with Gasteiger partial charge in [-0.3, -0.25) is 10.1 Å². The van der Waals surface area contributed by atoms with Gasteiger partial charge in [-0.15, -0.1) is 9.19 Å². The summed E-state index contributed by atoms with van der Waals surface area (Å²) in [5.41, 5.74) is 0.643. The quantitative estimate of drug-likeness (QED) is 0.505. The zero-order chi connectivity index (χ0) is 17.9. The highest BCUT2D eigenvalue weighted by atomic mass is 32.2. The minimum atomic E-state index is -4.07.